The second kappa shape index (κ2) is 8.87. The molecule has 3 rings (SSSR count). The summed E-state index contributed by atoms with van der Waals surface area (Å²) in [7, 11) is -3.96. The van der Waals surface area contributed by atoms with Crippen molar-refractivity contribution < 1.29 is 17.6 Å². The summed E-state index contributed by atoms with van der Waals surface area (Å²) < 4.78 is 40.6. The van der Waals surface area contributed by atoms with Crippen LogP contribution in [0.25, 0.3) is 0 Å². The largest absolute Gasteiger partial charge is 0.351 e. The number of carbonyl (C=O) groups excluding carboxylic acids is 1. The molecule has 0 fully saturated rings. The van der Waals surface area contributed by atoms with Crippen LogP contribution in [0.1, 0.15) is 28.8 Å². The van der Waals surface area contributed by atoms with Crippen molar-refractivity contribution in [3.8, 4) is 0 Å². The summed E-state index contributed by atoms with van der Waals surface area (Å²) >= 11 is 0. The lowest BCUT2D eigenvalue weighted by Gasteiger charge is -2.15. The number of rotatable bonds is 7. The molecule has 0 aromatic heterocycles. The maximum atomic E-state index is 13.1. The number of hydrogen-bond donors (Lipinski definition) is 2. The van der Waals surface area contributed by atoms with Crippen LogP contribution in [0.2, 0.25) is 0 Å². The van der Waals surface area contributed by atoms with Gasteiger partial charge < -0.3 is 5.32 Å². The van der Waals surface area contributed by atoms with Gasteiger partial charge in [0, 0.05) is 6.54 Å². The summed E-state index contributed by atoms with van der Waals surface area (Å²) in [6.07, 6.45) is 0. The maximum absolute atomic E-state index is 13.1. The smallest absolute Gasteiger partial charge is 0.261 e. The minimum absolute atomic E-state index is 0.0909. The monoisotopic (exact) mass is 412 g/mol. The number of benzene rings is 3. The van der Waals surface area contributed by atoms with E-state index in [1.165, 1.54) is 18.2 Å². The number of carbonyl (C=O) groups is 1. The van der Waals surface area contributed by atoms with Crippen molar-refractivity contribution in [3.05, 3.63) is 95.8 Å². The summed E-state index contributed by atoms with van der Waals surface area (Å²) in [6.45, 7) is 2.40. The van der Waals surface area contributed by atoms with Crippen LogP contribution in [0.4, 0.5) is 10.1 Å². The molecular weight excluding hydrogens is 391 g/mol. The second-order valence-corrected chi connectivity index (χ2v) is 8.31. The van der Waals surface area contributed by atoms with Gasteiger partial charge in [0.15, 0.2) is 0 Å². The molecule has 1 atom stereocenters. The normalized spacial score (nSPS) is 12.2. The number of halogens is 1. The number of hydrogen-bond acceptors (Lipinski definition) is 3. The van der Waals surface area contributed by atoms with Gasteiger partial charge in [-0.2, -0.15) is 0 Å². The second-order valence-electron chi connectivity index (χ2n) is 6.63. The SMILES string of the molecule is CC(CNC(=O)c1ccccc1NS(=O)(=O)c1ccc(F)cc1)c1ccccc1. The van der Waals surface area contributed by atoms with E-state index in [2.05, 4.69) is 10.0 Å². The van der Waals surface area contributed by atoms with E-state index in [-0.39, 0.29) is 28.0 Å². The third-order valence-corrected chi connectivity index (χ3v) is 5.86. The van der Waals surface area contributed by atoms with Crippen LogP contribution in [-0.4, -0.2) is 20.9 Å². The molecule has 0 aliphatic rings. The fourth-order valence-corrected chi connectivity index (χ4v) is 3.91. The molecule has 0 saturated heterocycles. The van der Waals surface area contributed by atoms with Crippen LogP contribution in [0, 0.1) is 5.82 Å². The molecule has 0 saturated carbocycles. The van der Waals surface area contributed by atoms with Crippen LogP contribution in [0.15, 0.2) is 83.8 Å². The number of sulfonamides is 1. The number of nitrogens with one attached hydrogen (secondary N) is 2. The lowest BCUT2D eigenvalue weighted by Crippen LogP contribution is -2.28. The van der Waals surface area contributed by atoms with Crippen molar-refractivity contribution >= 4 is 21.6 Å². The van der Waals surface area contributed by atoms with Gasteiger partial charge in [-0.3, -0.25) is 9.52 Å². The molecule has 0 aliphatic heterocycles. The Morgan fingerprint density at radius 2 is 1.55 bits per heavy atom. The number of anilines is 1. The van der Waals surface area contributed by atoms with Crippen LogP contribution < -0.4 is 10.0 Å². The van der Waals surface area contributed by atoms with E-state index in [1.807, 2.05) is 37.3 Å². The van der Waals surface area contributed by atoms with Crippen LogP contribution in [0.5, 0.6) is 0 Å². The summed E-state index contributed by atoms with van der Waals surface area (Å²) in [5.74, 6) is -0.815. The maximum Gasteiger partial charge on any atom is 0.261 e. The van der Waals surface area contributed by atoms with Crippen molar-refractivity contribution in [2.75, 3.05) is 11.3 Å². The molecule has 3 aromatic carbocycles. The molecule has 0 heterocycles. The first-order valence-corrected chi connectivity index (χ1v) is 10.6. The lowest BCUT2D eigenvalue weighted by atomic mass is 10.0. The molecule has 5 nitrogen and oxygen atoms in total. The summed E-state index contributed by atoms with van der Waals surface area (Å²) in [5.41, 5.74) is 1.46. The Morgan fingerprint density at radius 3 is 2.24 bits per heavy atom. The lowest BCUT2D eigenvalue weighted by molar-refractivity contribution is 0.0952. The van der Waals surface area contributed by atoms with Gasteiger partial charge in [0.1, 0.15) is 5.82 Å². The average Bonchev–Trinajstić information content (AvgIpc) is 2.73. The summed E-state index contributed by atoms with van der Waals surface area (Å²) in [6, 6.07) is 20.6. The molecule has 1 unspecified atom stereocenters. The van der Waals surface area contributed by atoms with Crippen molar-refractivity contribution in [2.45, 2.75) is 17.7 Å². The zero-order valence-electron chi connectivity index (χ0n) is 15.8. The fourth-order valence-electron chi connectivity index (χ4n) is 2.83. The highest BCUT2D eigenvalue weighted by molar-refractivity contribution is 7.92. The molecule has 7 heteroatoms. The van der Waals surface area contributed by atoms with Gasteiger partial charge in [-0.05, 0) is 47.9 Å². The predicted octanol–water partition coefficient (Wildman–Crippen LogP) is 4.16. The Morgan fingerprint density at radius 1 is 0.931 bits per heavy atom. The van der Waals surface area contributed by atoms with E-state index in [9.17, 15) is 17.6 Å². The summed E-state index contributed by atoms with van der Waals surface area (Å²) in [5, 5.41) is 2.85. The molecular formula is C22H21FN2O3S. The Kier molecular flexibility index (Phi) is 6.29. The molecule has 2 N–H and O–H groups in total. The molecule has 150 valence electrons. The highest BCUT2D eigenvalue weighted by atomic mass is 32.2. The molecule has 1 amide bonds. The fraction of sp³-hybridized carbons (Fsp3) is 0.136. The minimum atomic E-state index is -3.96. The Hall–Kier alpha value is -3.19. The third kappa shape index (κ3) is 5.20. The van der Waals surface area contributed by atoms with E-state index in [4.69, 9.17) is 0 Å². The van der Waals surface area contributed by atoms with Crippen molar-refractivity contribution in [2.24, 2.45) is 0 Å². The molecule has 0 bridgehead atoms. The standard InChI is InChI=1S/C22H21FN2O3S/c1-16(17-7-3-2-4-8-17)15-24-22(26)20-9-5-6-10-21(20)25-29(27,28)19-13-11-18(23)12-14-19/h2-14,16,25H,15H2,1H3,(H,24,26). The first kappa shape index (κ1) is 20.5. The number of para-hydroxylation sites is 1. The van der Waals surface area contributed by atoms with Crippen molar-refractivity contribution in [3.63, 3.8) is 0 Å². The zero-order chi connectivity index (χ0) is 20.9. The van der Waals surface area contributed by atoms with Gasteiger partial charge in [-0.25, -0.2) is 12.8 Å². The van der Waals surface area contributed by atoms with Crippen LogP contribution >= 0.6 is 0 Å². The van der Waals surface area contributed by atoms with Crippen molar-refractivity contribution in [1.82, 2.24) is 5.32 Å². The van der Waals surface area contributed by atoms with Gasteiger partial charge in [0.2, 0.25) is 0 Å². The van der Waals surface area contributed by atoms with Gasteiger partial charge in [-0.1, -0.05) is 49.4 Å². The predicted molar refractivity (Wildman–Crippen MR) is 111 cm³/mol. The van der Waals surface area contributed by atoms with E-state index < -0.39 is 15.8 Å². The zero-order valence-corrected chi connectivity index (χ0v) is 16.6. The average molecular weight is 412 g/mol. The van der Waals surface area contributed by atoms with E-state index in [0.29, 0.717) is 6.54 Å². The van der Waals surface area contributed by atoms with E-state index >= 15 is 0 Å². The quantitative estimate of drug-likeness (QED) is 0.612. The van der Waals surface area contributed by atoms with E-state index in [0.717, 1.165) is 17.7 Å². The number of amides is 1. The summed E-state index contributed by atoms with van der Waals surface area (Å²) in [4.78, 5) is 12.6. The van der Waals surface area contributed by atoms with E-state index in [1.54, 1.807) is 18.2 Å². The highest BCUT2D eigenvalue weighted by Crippen LogP contribution is 2.21. The first-order valence-electron chi connectivity index (χ1n) is 9.07. The minimum Gasteiger partial charge on any atom is -0.351 e. The van der Waals surface area contributed by atoms with Crippen molar-refractivity contribution in [1.29, 1.82) is 0 Å². The Bertz CT molecular complexity index is 1080. The van der Waals surface area contributed by atoms with Gasteiger partial charge >= 0.3 is 0 Å². The highest BCUT2D eigenvalue weighted by Gasteiger charge is 2.19. The Labute approximate surface area is 169 Å². The van der Waals surface area contributed by atoms with Gasteiger partial charge in [0.25, 0.3) is 15.9 Å². The first-order chi connectivity index (χ1) is 13.9. The molecule has 3 aromatic rings. The molecule has 0 aliphatic carbocycles. The van der Waals surface area contributed by atoms with Gasteiger partial charge in [0.05, 0.1) is 16.1 Å². The Balaban J connectivity index is 1.74. The molecule has 0 spiro atoms. The third-order valence-electron chi connectivity index (χ3n) is 4.48. The van der Waals surface area contributed by atoms with Crippen LogP contribution in [0.3, 0.4) is 0 Å². The molecule has 29 heavy (non-hydrogen) atoms. The topological polar surface area (TPSA) is 75.3 Å². The van der Waals surface area contributed by atoms with Gasteiger partial charge in [-0.15, -0.1) is 0 Å². The molecule has 0 radical (unpaired) electrons. The van der Waals surface area contributed by atoms with Crippen LogP contribution in [-0.2, 0) is 10.0 Å².